The Hall–Kier alpha value is -0.960. The van der Waals surface area contributed by atoms with E-state index in [1.807, 2.05) is 0 Å². The molecule has 1 N–H and O–H groups in total. The molecular formula is C15H21N3. The first-order valence-corrected chi connectivity index (χ1v) is 7.36. The number of rotatable bonds is 2. The van der Waals surface area contributed by atoms with Gasteiger partial charge in [-0.15, -0.1) is 0 Å². The van der Waals surface area contributed by atoms with E-state index in [2.05, 4.69) is 18.3 Å². The molecule has 1 aliphatic heterocycles. The summed E-state index contributed by atoms with van der Waals surface area (Å²) in [4.78, 5) is 9.60. The Bertz CT molecular complexity index is 455. The maximum absolute atomic E-state index is 4.87. The largest absolute Gasteiger partial charge is 0.316 e. The molecular weight excluding hydrogens is 222 g/mol. The predicted octanol–water partition coefficient (Wildman–Crippen LogP) is 2.38. The molecule has 0 spiro atoms. The van der Waals surface area contributed by atoms with E-state index < -0.39 is 0 Å². The third-order valence-electron chi connectivity index (χ3n) is 4.91. The number of hydrogen-bond acceptors (Lipinski definition) is 3. The number of fused-ring (bicyclic) bond motifs is 1. The first-order valence-electron chi connectivity index (χ1n) is 7.36. The minimum Gasteiger partial charge on any atom is -0.316 e. The van der Waals surface area contributed by atoms with Crippen molar-refractivity contribution < 1.29 is 0 Å². The van der Waals surface area contributed by atoms with E-state index in [1.54, 1.807) is 0 Å². The average Bonchev–Trinajstić information content (AvgIpc) is 2.97. The van der Waals surface area contributed by atoms with Crippen LogP contribution in [0.5, 0.6) is 0 Å². The third-order valence-corrected chi connectivity index (χ3v) is 4.91. The smallest absolute Gasteiger partial charge is 0.131 e. The fraction of sp³-hybridized carbons (Fsp3) is 0.733. The van der Waals surface area contributed by atoms with Crippen molar-refractivity contribution >= 4 is 0 Å². The zero-order chi connectivity index (χ0) is 12.1. The van der Waals surface area contributed by atoms with Crippen molar-refractivity contribution in [3.63, 3.8) is 0 Å². The molecule has 3 nitrogen and oxygen atoms in total. The summed E-state index contributed by atoms with van der Waals surface area (Å²) in [7, 11) is 0. The number of aryl methyl sites for hydroxylation is 1. The van der Waals surface area contributed by atoms with E-state index in [1.165, 1.54) is 44.5 Å². The second-order valence-corrected chi connectivity index (χ2v) is 6.41. The van der Waals surface area contributed by atoms with Crippen LogP contribution in [0.2, 0.25) is 0 Å². The quantitative estimate of drug-likeness (QED) is 0.866. The minimum atomic E-state index is 0.625. The van der Waals surface area contributed by atoms with E-state index in [0.717, 1.165) is 29.3 Å². The Balaban J connectivity index is 1.60. The molecule has 4 rings (SSSR count). The molecule has 3 aliphatic rings. The average molecular weight is 243 g/mol. The van der Waals surface area contributed by atoms with Crippen LogP contribution < -0.4 is 5.32 Å². The normalized spacial score (nSPS) is 34.8. The van der Waals surface area contributed by atoms with Gasteiger partial charge in [-0.2, -0.15) is 0 Å². The van der Waals surface area contributed by atoms with Gasteiger partial charge in [-0.3, -0.25) is 0 Å². The highest BCUT2D eigenvalue weighted by Gasteiger charge is 2.39. The molecule has 3 heteroatoms. The Kier molecular flexibility index (Phi) is 2.44. The molecule has 2 unspecified atom stereocenters. The summed E-state index contributed by atoms with van der Waals surface area (Å²) in [6, 6.07) is 2.19. The first-order chi connectivity index (χ1) is 8.79. The van der Waals surface area contributed by atoms with Gasteiger partial charge in [0.2, 0.25) is 0 Å². The molecule has 2 saturated carbocycles. The van der Waals surface area contributed by atoms with Gasteiger partial charge in [-0.1, -0.05) is 0 Å². The van der Waals surface area contributed by atoms with E-state index in [-0.39, 0.29) is 0 Å². The Morgan fingerprint density at radius 2 is 1.78 bits per heavy atom. The third kappa shape index (κ3) is 1.85. The molecule has 0 bridgehead atoms. The van der Waals surface area contributed by atoms with Gasteiger partial charge in [0.15, 0.2) is 0 Å². The molecule has 18 heavy (non-hydrogen) atoms. The topological polar surface area (TPSA) is 37.8 Å². The van der Waals surface area contributed by atoms with Crippen LogP contribution in [0.15, 0.2) is 6.07 Å². The van der Waals surface area contributed by atoms with Crippen LogP contribution in [0.25, 0.3) is 0 Å². The molecule has 2 heterocycles. The van der Waals surface area contributed by atoms with Crippen molar-refractivity contribution in [2.24, 2.45) is 11.8 Å². The van der Waals surface area contributed by atoms with Crippen molar-refractivity contribution in [1.82, 2.24) is 15.3 Å². The Morgan fingerprint density at radius 3 is 2.44 bits per heavy atom. The molecule has 0 radical (unpaired) electrons. The lowest BCUT2D eigenvalue weighted by Crippen LogP contribution is -2.13. The minimum absolute atomic E-state index is 0.625. The van der Waals surface area contributed by atoms with Gasteiger partial charge in [0.25, 0.3) is 0 Å². The fourth-order valence-electron chi connectivity index (χ4n) is 3.76. The zero-order valence-corrected chi connectivity index (χ0v) is 11.0. The molecule has 0 aromatic carbocycles. The molecule has 1 aromatic rings. The van der Waals surface area contributed by atoms with Crippen molar-refractivity contribution in [3.8, 4) is 0 Å². The molecule has 1 aromatic heterocycles. The van der Waals surface area contributed by atoms with Crippen LogP contribution in [-0.2, 0) is 0 Å². The summed E-state index contributed by atoms with van der Waals surface area (Å²) >= 11 is 0. The van der Waals surface area contributed by atoms with E-state index >= 15 is 0 Å². The maximum atomic E-state index is 4.87. The second kappa shape index (κ2) is 4.02. The number of aromatic nitrogens is 2. The van der Waals surface area contributed by atoms with Gasteiger partial charge >= 0.3 is 0 Å². The van der Waals surface area contributed by atoms with E-state index in [9.17, 15) is 0 Å². The molecule has 1 saturated heterocycles. The SMILES string of the molecule is Cc1cc(C2CC2)nc(C2CC3CNCC3C2)n1. The van der Waals surface area contributed by atoms with Crippen molar-refractivity contribution in [2.45, 2.75) is 44.4 Å². The summed E-state index contributed by atoms with van der Waals surface area (Å²) in [5.41, 5.74) is 2.48. The van der Waals surface area contributed by atoms with Gasteiger partial charge in [-0.05, 0) is 63.6 Å². The fourth-order valence-corrected chi connectivity index (χ4v) is 3.76. The van der Waals surface area contributed by atoms with Crippen LogP contribution in [-0.4, -0.2) is 23.1 Å². The number of hydrogen-bond donors (Lipinski definition) is 1. The van der Waals surface area contributed by atoms with Crippen LogP contribution >= 0.6 is 0 Å². The van der Waals surface area contributed by atoms with Crippen molar-refractivity contribution in [2.75, 3.05) is 13.1 Å². The molecule has 3 fully saturated rings. The predicted molar refractivity (Wildman–Crippen MR) is 70.6 cm³/mol. The van der Waals surface area contributed by atoms with Gasteiger partial charge < -0.3 is 5.32 Å². The Labute approximate surface area is 108 Å². The number of nitrogens with one attached hydrogen (secondary N) is 1. The lowest BCUT2D eigenvalue weighted by atomic mass is 10.0. The summed E-state index contributed by atoms with van der Waals surface area (Å²) in [5.74, 6) is 4.27. The molecule has 96 valence electrons. The molecule has 2 aliphatic carbocycles. The highest BCUT2D eigenvalue weighted by atomic mass is 14.9. The summed E-state index contributed by atoms with van der Waals surface area (Å²) in [6.45, 7) is 4.54. The monoisotopic (exact) mass is 243 g/mol. The standard InChI is InChI=1S/C15H21N3/c1-9-4-14(10-2-3-10)18-15(17-9)11-5-12-7-16-8-13(12)6-11/h4,10-13,16H,2-3,5-8H2,1H3. The highest BCUT2D eigenvalue weighted by Crippen LogP contribution is 2.44. The van der Waals surface area contributed by atoms with Crippen LogP contribution in [0.3, 0.4) is 0 Å². The lowest BCUT2D eigenvalue weighted by Gasteiger charge is -2.12. The second-order valence-electron chi connectivity index (χ2n) is 6.41. The van der Waals surface area contributed by atoms with Crippen LogP contribution in [0.4, 0.5) is 0 Å². The van der Waals surface area contributed by atoms with E-state index in [0.29, 0.717) is 5.92 Å². The van der Waals surface area contributed by atoms with Gasteiger partial charge in [-0.25, -0.2) is 9.97 Å². The van der Waals surface area contributed by atoms with E-state index in [4.69, 9.17) is 9.97 Å². The number of nitrogens with zero attached hydrogens (tertiary/aromatic N) is 2. The lowest BCUT2D eigenvalue weighted by molar-refractivity contribution is 0.494. The summed E-state index contributed by atoms with van der Waals surface area (Å²) in [6.07, 6.45) is 5.25. The first kappa shape index (κ1) is 10.9. The maximum Gasteiger partial charge on any atom is 0.131 e. The summed E-state index contributed by atoms with van der Waals surface area (Å²) in [5, 5.41) is 3.51. The molecule has 0 amide bonds. The molecule has 2 atom stereocenters. The Morgan fingerprint density at radius 1 is 1.06 bits per heavy atom. The highest BCUT2D eigenvalue weighted by molar-refractivity contribution is 5.20. The van der Waals surface area contributed by atoms with Gasteiger partial charge in [0.05, 0.1) is 0 Å². The zero-order valence-electron chi connectivity index (χ0n) is 11.0. The summed E-state index contributed by atoms with van der Waals surface area (Å²) < 4.78 is 0. The van der Waals surface area contributed by atoms with Gasteiger partial charge in [0.1, 0.15) is 5.82 Å². The van der Waals surface area contributed by atoms with Crippen molar-refractivity contribution in [1.29, 1.82) is 0 Å². The van der Waals surface area contributed by atoms with Crippen LogP contribution in [0, 0.1) is 18.8 Å². The van der Waals surface area contributed by atoms with Gasteiger partial charge in [0, 0.05) is 23.2 Å². The van der Waals surface area contributed by atoms with Crippen molar-refractivity contribution in [3.05, 3.63) is 23.3 Å². The van der Waals surface area contributed by atoms with Crippen LogP contribution in [0.1, 0.15) is 54.7 Å².